The maximum Gasteiger partial charge on any atom is 0.307 e. The first kappa shape index (κ1) is 23.6. The number of amides is 2. The van der Waals surface area contributed by atoms with Gasteiger partial charge in [0, 0.05) is 16.4 Å². The van der Waals surface area contributed by atoms with Gasteiger partial charge in [-0.2, -0.15) is 5.10 Å². The van der Waals surface area contributed by atoms with E-state index in [0.717, 1.165) is 22.0 Å². The van der Waals surface area contributed by atoms with E-state index in [1.807, 2.05) is 81.4 Å². The van der Waals surface area contributed by atoms with E-state index in [2.05, 4.69) is 15.7 Å². The molecule has 176 valence electrons. The summed E-state index contributed by atoms with van der Waals surface area (Å²) in [7, 11) is 0. The van der Waals surface area contributed by atoms with Crippen molar-refractivity contribution in [2.75, 3.05) is 17.2 Å². The minimum absolute atomic E-state index is 0.131. The highest BCUT2D eigenvalue weighted by atomic mass is 32.2. The molecule has 0 fully saturated rings. The number of thioether (sulfide) groups is 1. The van der Waals surface area contributed by atoms with Crippen LogP contribution in [0.25, 0.3) is 5.69 Å². The Hall–Kier alpha value is -3.59. The van der Waals surface area contributed by atoms with E-state index in [1.54, 1.807) is 4.68 Å². The number of carbonyl (C=O) groups excluding carboxylic acids is 3. The number of ether oxygens (including phenoxy) is 1. The molecule has 1 aliphatic rings. The van der Waals surface area contributed by atoms with Gasteiger partial charge in [-0.25, -0.2) is 4.68 Å². The first-order valence-corrected chi connectivity index (χ1v) is 11.8. The molecule has 4 rings (SSSR count). The van der Waals surface area contributed by atoms with Gasteiger partial charge in [0.05, 0.1) is 28.7 Å². The second-order valence-electron chi connectivity index (χ2n) is 8.92. The van der Waals surface area contributed by atoms with Gasteiger partial charge in [0.25, 0.3) is 5.91 Å². The topological polar surface area (TPSA) is 102 Å². The first-order valence-electron chi connectivity index (χ1n) is 10.9. The van der Waals surface area contributed by atoms with Crippen molar-refractivity contribution in [2.24, 2.45) is 0 Å². The second kappa shape index (κ2) is 9.72. The molecule has 8 nitrogen and oxygen atoms in total. The van der Waals surface area contributed by atoms with Crippen LogP contribution < -0.4 is 10.6 Å². The summed E-state index contributed by atoms with van der Waals surface area (Å²) >= 11 is 1.31. The maximum absolute atomic E-state index is 12.6. The van der Waals surface area contributed by atoms with Crippen molar-refractivity contribution in [2.45, 2.75) is 42.8 Å². The summed E-state index contributed by atoms with van der Waals surface area (Å²) in [5, 5.41) is 9.61. The lowest BCUT2D eigenvalue weighted by Gasteiger charge is -2.23. The number of rotatable bonds is 6. The summed E-state index contributed by atoms with van der Waals surface area (Å²) in [6.07, 6.45) is -0.131. The van der Waals surface area contributed by atoms with Crippen LogP contribution in [0.3, 0.4) is 0 Å². The normalized spacial score (nSPS) is 15.3. The minimum atomic E-state index is -0.617. The predicted molar refractivity (Wildman–Crippen MR) is 131 cm³/mol. The molecule has 2 aromatic carbocycles. The highest BCUT2D eigenvalue weighted by Gasteiger charge is 2.29. The molecule has 1 aromatic heterocycles. The molecule has 0 saturated heterocycles. The van der Waals surface area contributed by atoms with Crippen LogP contribution in [0.2, 0.25) is 0 Å². The molecule has 0 aliphatic carbocycles. The zero-order valence-electron chi connectivity index (χ0n) is 19.2. The highest BCUT2D eigenvalue weighted by Crippen LogP contribution is 2.36. The molecule has 2 N–H and O–H groups in total. The van der Waals surface area contributed by atoms with E-state index in [9.17, 15) is 14.4 Å². The van der Waals surface area contributed by atoms with E-state index in [1.165, 1.54) is 11.8 Å². The number of hydrogen-bond acceptors (Lipinski definition) is 6. The number of benzene rings is 2. The summed E-state index contributed by atoms with van der Waals surface area (Å²) in [6.45, 7) is 5.65. The Kier molecular flexibility index (Phi) is 6.74. The van der Waals surface area contributed by atoms with E-state index in [4.69, 9.17) is 4.74 Å². The Balaban J connectivity index is 1.37. The van der Waals surface area contributed by atoms with Crippen LogP contribution in [0.4, 0.5) is 11.5 Å². The molecule has 1 atom stereocenters. The third kappa shape index (κ3) is 5.48. The zero-order chi connectivity index (χ0) is 24.3. The molecule has 1 unspecified atom stereocenters. The lowest BCUT2D eigenvalue weighted by molar-refractivity contribution is -0.147. The lowest BCUT2D eigenvalue weighted by Crippen LogP contribution is -2.32. The minimum Gasteiger partial charge on any atom is -0.456 e. The Bertz CT molecular complexity index is 1220. The molecule has 34 heavy (non-hydrogen) atoms. The van der Waals surface area contributed by atoms with Gasteiger partial charge in [0.2, 0.25) is 5.91 Å². The number of hydrogen-bond donors (Lipinski definition) is 2. The van der Waals surface area contributed by atoms with Crippen molar-refractivity contribution in [3.63, 3.8) is 0 Å². The number of nitrogens with one attached hydrogen (secondary N) is 2. The van der Waals surface area contributed by atoms with Crippen LogP contribution in [0.5, 0.6) is 0 Å². The molecule has 9 heteroatoms. The van der Waals surface area contributed by atoms with Gasteiger partial charge in [-0.1, -0.05) is 51.1 Å². The first-order chi connectivity index (χ1) is 16.2. The number of nitrogens with zero attached hydrogens (tertiary/aromatic N) is 2. The Morgan fingerprint density at radius 2 is 1.82 bits per heavy atom. The Morgan fingerprint density at radius 3 is 2.56 bits per heavy atom. The SMILES string of the molecule is CC(C)(C)c1cc(NC(=O)COC(=O)CC2Sc3ccccc3NC2=O)n(-c2ccccc2)n1. The smallest absolute Gasteiger partial charge is 0.307 e. The average Bonchev–Trinajstić information content (AvgIpc) is 3.23. The molecule has 0 saturated carbocycles. The third-order valence-corrected chi connectivity index (χ3v) is 6.44. The molecule has 3 aromatic rings. The van der Waals surface area contributed by atoms with E-state index in [-0.39, 0.29) is 17.7 Å². The van der Waals surface area contributed by atoms with Crippen molar-refractivity contribution in [1.82, 2.24) is 9.78 Å². The van der Waals surface area contributed by atoms with Gasteiger partial charge in [-0.3, -0.25) is 14.4 Å². The van der Waals surface area contributed by atoms with Crippen LogP contribution in [-0.2, 0) is 24.5 Å². The molecule has 1 aliphatic heterocycles. The number of aromatic nitrogens is 2. The maximum atomic E-state index is 12.6. The number of carbonyl (C=O) groups is 3. The standard InChI is InChI=1S/C25H26N4O4S/c1-25(2,3)20-14-21(29(28-20)16-9-5-4-6-10-16)27-22(30)15-33-23(31)13-19-24(32)26-17-11-7-8-12-18(17)34-19/h4-12,14,19H,13,15H2,1-3H3,(H,26,32)(H,27,30). The summed E-state index contributed by atoms with van der Waals surface area (Å²) in [4.78, 5) is 38.1. The highest BCUT2D eigenvalue weighted by molar-refractivity contribution is 8.01. The molecular formula is C25H26N4O4S. The van der Waals surface area contributed by atoms with Gasteiger partial charge < -0.3 is 15.4 Å². The van der Waals surface area contributed by atoms with Crippen molar-refractivity contribution in [3.8, 4) is 5.69 Å². The van der Waals surface area contributed by atoms with Gasteiger partial charge in [0.15, 0.2) is 6.61 Å². The summed E-state index contributed by atoms with van der Waals surface area (Å²) < 4.78 is 6.81. The fraction of sp³-hybridized carbons (Fsp3) is 0.280. The zero-order valence-corrected chi connectivity index (χ0v) is 20.0. The fourth-order valence-corrected chi connectivity index (χ4v) is 4.46. The second-order valence-corrected chi connectivity index (χ2v) is 10.2. The molecular weight excluding hydrogens is 452 g/mol. The molecule has 2 heterocycles. The molecule has 0 bridgehead atoms. The van der Waals surface area contributed by atoms with Crippen LogP contribution in [0.15, 0.2) is 65.6 Å². The van der Waals surface area contributed by atoms with E-state index < -0.39 is 23.7 Å². The van der Waals surface area contributed by atoms with E-state index >= 15 is 0 Å². The van der Waals surface area contributed by atoms with Crippen LogP contribution in [0.1, 0.15) is 32.9 Å². The Labute approximate surface area is 202 Å². The molecule has 0 spiro atoms. The quantitative estimate of drug-likeness (QED) is 0.516. The number of anilines is 2. The number of esters is 1. The summed E-state index contributed by atoms with van der Waals surface area (Å²) in [5.74, 6) is -0.881. The predicted octanol–water partition coefficient (Wildman–Crippen LogP) is 4.15. The fourth-order valence-electron chi connectivity index (χ4n) is 3.36. The van der Waals surface area contributed by atoms with Gasteiger partial charge >= 0.3 is 5.97 Å². The van der Waals surface area contributed by atoms with Crippen molar-refractivity contribution >= 4 is 41.1 Å². The van der Waals surface area contributed by atoms with Gasteiger partial charge in [-0.05, 0) is 24.3 Å². The summed E-state index contributed by atoms with van der Waals surface area (Å²) in [6, 6.07) is 18.7. The third-order valence-electron chi connectivity index (χ3n) is 5.17. The van der Waals surface area contributed by atoms with Gasteiger partial charge in [-0.15, -0.1) is 11.8 Å². The van der Waals surface area contributed by atoms with E-state index in [0.29, 0.717) is 5.82 Å². The Morgan fingerprint density at radius 1 is 1.12 bits per heavy atom. The summed E-state index contributed by atoms with van der Waals surface area (Å²) in [5.41, 5.74) is 2.12. The van der Waals surface area contributed by atoms with Crippen LogP contribution in [0, 0.1) is 0 Å². The largest absolute Gasteiger partial charge is 0.456 e. The lowest BCUT2D eigenvalue weighted by atomic mass is 9.92. The van der Waals surface area contributed by atoms with Crippen molar-refractivity contribution in [3.05, 3.63) is 66.4 Å². The number of fused-ring (bicyclic) bond motifs is 1. The van der Waals surface area contributed by atoms with Crippen LogP contribution >= 0.6 is 11.8 Å². The average molecular weight is 479 g/mol. The van der Waals surface area contributed by atoms with Crippen molar-refractivity contribution in [1.29, 1.82) is 0 Å². The number of para-hydroxylation sites is 2. The van der Waals surface area contributed by atoms with Crippen LogP contribution in [-0.4, -0.2) is 39.4 Å². The molecule has 0 radical (unpaired) electrons. The monoisotopic (exact) mass is 478 g/mol. The van der Waals surface area contributed by atoms with Gasteiger partial charge in [0.1, 0.15) is 5.82 Å². The van der Waals surface area contributed by atoms with Crippen molar-refractivity contribution < 1.29 is 19.1 Å². The molecule has 2 amide bonds.